The molecule has 1 fully saturated rings. The first-order valence-corrected chi connectivity index (χ1v) is 5.59. The predicted octanol–water partition coefficient (Wildman–Crippen LogP) is 1.04. The number of ether oxygens (including phenoxy) is 1. The highest BCUT2D eigenvalue weighted by molar-refractivity contribution is 6.32. The van der Waals surface area contributed by atoms with Gasteiger partial charge in [0.05, 0.1) is 25.1 Å². The highest BCUT2D eigenvalue weighted by Crippen LogP contribution is 2.23. The summed E-state index contributed by atoms with van der Waals surface area (Å²) < 4.78 is 5.51. The van der Waals surface area contributed by atoms with Gasteiger partial charge in [-0.05, 0) is 13.8 Å². The Bertz CT molecular complexity index is 434. The zero-order chi connectivity index (χ0) is 11.7. The van der Waals surface area contributed by atoms with Crippen LogP contribution in [0.4, 0.5) is 5.82 Å². The van der Waals surface area contributed by atoms with Gasteiger partial charge in [0.25, 0.3) is 5.56 Å². The molecule has 88 valence electrons. The molecule has 0 aliphatic carbocycles. The number of nitrogens with zero attached hydrogens (tertiary/aromatic N) is 2. The van der Waals surface area contributed by atoms with Crippen LogP contribution in [0.25, 0.3) is 0 Å². The minimum absolute atomic E-state index is 0.119. The fraction of sp³-hybridized carbons (Fsp3) is 0.600. The number of hydrogen-bond acceptors (Lipinski definition) is 4. The standard InChI is InChI=1S/C10H14ClN3O2/c1-6-4-16-7(2)3-14(6)9-8(11)10(15)13-5-12-9/h5-7H,3-4H2,1-2H3,(H,12,13,15). The Morgan fingerprint density at radius 3 is 3.12 bits per heavy atom. The first-order chi connectivity index (χ1) is 7.59. The average molecular weight is 244 g/mol. The minimum Gasteiger partial charge on any atom is -0.375 e. The molecule has 6 heteroatoms. The highest BCUT2D eigenvalue weighted by Gasteiger charge is 2.26. The molecule has 2 atom stereocenters. The van der Waals surface area contributed by atoms with E-state index in [1.54, 1.807) is 0 Å². The number of hydrogen-bond donors (Lipinski definition) is 1. The van der Waals surface area contributed by atoms with Gasteiger partial charge in [-0.3, -0.25) is 4.79 Å². The minimum atomic E-state index is -0.307. The number of morpholine rings is 1. The van der Waals surface area contributed by atoms with E-state index in [1.807, 2.05) is 18.7 Å². The number of rotatable bonds is 1. The van der Waals surface area contributed by atoms with Gasteiger partial charge in [-0.25, -0.2) is 4.98 Å². The van der Waals surface area contributed by atoms with Crippen molar-refractivity contribution in [2.24, 2.45) is 0 Å². The van der Waals surface area contributed by atoms with Crippen molar-refractivity contribution < 1.29 is 4.74 Å². The van der Waals surface area contributed by atoms with Crippen LogP contribution in [0.1, 0.15) is 13.8 Å². The van der Waals surface area contributed by atoms with E-state index >= 15 is 0 Å². The molecule has 0 radical (unpaired) electrons. The fourth-order valence-corrected chi connectivity index (χ4v) is 1.98. The molecule has 0 spiro atoms. The van der Waals surface area contributed by atoms with Gasteiger partial charge in [-0.15, -0.1) is 0 Å². The quantitative estimate of drug-likeness (QED) is 0.801. The zero-order valence-corrected chi connectivity index (χ0v) is 9.99. The van der Waals surface area contributed by atoms with E-state index in [4.69, 9.17) is 16.3 Å². The van der Waals surface area contributed by atoms with Crippen LogP contribution < -0.4 is 10.5 Å². The Morgan fingerprint density at radius 1 is 1.62 bits per heavy atom. The van der Waals surface area contributed by atoms with E-state index in [9.17, 15) is 4.79 Å². The summed E-state index contributed by atoms with van der Waals surface area (Å²) in [6.07, 6.45) is 1.49. The molecule has 2 heterocycles. The molecule has 0 amide bonds. The van der Waals surface area contributed by atoms with Crippen molar-refractivity contribution in [3.8, 4) is 0 Å². The smallest absolute Gasteiger partial charge is 0.271 e. The SMILES string of the molecule is CC1CN(c2nc[nH]c(=O)c2Cl)C(C)CO1. The van der Waals surface area contributed by atoms with Crippen LogP contribution in [0, 0.1) is 0 Å². The van der Waals surface area contributed by atoms with E-state index in [1.165, 1.54) is 6.33 Å². The third-order valence-electron chi connectivity index (χ3n) is 2.66. The predicted molar refractivity (Wildman–Crippen MR) is 62.1 cm³/mol. The molecule has 5 nitrogen and oxygen atoms in total. The average Bonchev–Trinajstić information content (AvgIpc) is 2.26. The van der Waals surface area contributed by atoms with Crippen LogP contribution in [0.2, 0.25) is 5.02 Å². The lowest BCUT2D eigenvalue weighted by Crippen LogP contribution is -2.48. The maximum atomic E-state index is 11.4. The maximum Gasteiger partial charge on any atom is 0.271 e. The number of H-pyrrole nitrogens is 1. The molecule has 1 saturated heterocycles. The molecule has 0 bridgehead atoms. The van der Waals surface area contributed by atoms with Crippen molar-refractivity contribution in [3.63, 3.8) is 0 Å². The number of aromatic nitrogens is 2. The second kappa shape index (κ2) is 4.43. The van der Waals surface area contributed by atoms with Gasteiger partial charge in [0.1, 0.15) is 5.02 Å². The topological polar surface area (TPSA) is 58.2 Å². The first kappa shape index (κ1) is 11.4. The molecule has 2 unspecified atom stereocenters. The monoisotopic (exact) mass is 243 g/mol. The summed E-state index contributed by atoms with van der Waals surface area (Å²) in [6.45, 7) is 5.31. The van der Waals surface area contributed by atoms with Crippen molar-refractivity contribution in [3.05, 3.63) is 21.7 Å². The summed E-state index contributed by atoms with van der Waals surface area (Å²) >= 11 is 5.95. The van der Waals surface area contributed by atoms with E-state index in [0.29, 0.717) is 19.0 Å². The van der Waals surface area contributed by atoms with Crippen molar-refractivity contribution in [1.29, 1.82) is 0 Å². The molecule has 2 rings (SSSR count). The molecular formula is C10H14ClN3O2. The number of aromatic amines is 1. The molecule has 1 aromatic heterocycles. The lowest BCUT2D eigenvalue weighted by molar-refractivity contribution is 0.0340. The van der Waals surface area contributed by atoms with Gasteiger partial charge >= 0.3 is 0 Å². The molecule has 1 N–H and O–H groups in total. The van der Waals surface area contributed by atoms with Crippen LogP contribution in [-0.2, 0) is 4.74 Å². The molecular weight excluding hydrogens is 230 g/mol. The Kier molecular flexibility index (Phi) is 3.16. The van der Waals surface area contributed by atoms with Gasteiger partial charge in [-0.2, -0.15) is 0 Å². The third-order valence-corrected chi connectivity index (χ3v) is 3.00. The Balaban J connectivity index is 2.35. The van der Waals surface area contributed by atoms with Crippen molar-refractivity contribution in [2.45, 2.75) is 26.0 Å². The maximum absolute atomic E-state index is 11.4. The summed E-state index contributed by atoms with van der Waals surface area (Å²) in [5, 5.41) is 0.142. The van der Waals surface area contributed by atoms with Crippen molar-refractivity contribution in [2.75, 3.05) is 18.1 Å². The van der Waals surface area contributed by atoms with Crippen LogP contribution in [0.3, 0.4) is 0 Å². The number of anilines is 1. The Morgan fingerprint density at radius 2 is 2.38 bits per heavy atom. The van der Waals surface area contributed by atoms with Crippen molar-refractivity contribution >= 4 is 17.4 Å². The third kappa shape index (κ3) is 2.05. The van der Waals surface area contributed by atoms with Crippen LogP contribution >= 0.6 is 11.6 Å². The van der Waals surface area contributed by atoms with Crippen LogP contribution in [0.5, 0.6) is 0 Å². The Labute approximate surface area is 98.4 Å². The zero-order valence-electron chi connectivity index (χ0n) is 9.24. The lowest BCUT2D eigenvalue weighted by atomic mass is 10.2. The largest absolute Gasteiger partial charge is 0.375 e. The van der Waals surface area contributed by atoms with E-state index in [2.05, 4.69) is 9.97 Å². The lowest BCUT2D eigenvalue weighted by Gasteiger charge is -2.37. The van der Waals surface area contributed by atoms with E-state index in [0.717, 1.165) is 0 Å². The number of nitrogens with one attached hydrogen (secondary N) is 1. The van der Waals surface area contributed by atoms with Crippen LogP contribution in [0.15, 0.2) is 11.1 Å². The van der Waals surface area contributed by atoms with E-state index < -0.39 is 0 Å². The van der Waals surface area contributed by atoms with Gasteiger partial charge in [0.2, 0.25) is 0 Å². The molecule has 16 heavy (non-hydrogen) atoms. The van der Waals surface area contributed by atoms with Crippen LogP contribution in [-0.4, -0.2) is 35.3 Å². The summed E-state index contributed by atoms with van der Waals surface area (Å²) in [5.41, 5.74) is -0.307. The molecule has 1 aliphatic heterocycles. The molecule has 1 aliphatic rings. The second-order valence-electron chi connectivity index (χ2n) is 4.01. The molecule has 0 saturated carbocycles. The fourth-order valence-electron chi connectivity index (χ4n) is 1.77. The van der Waals surface area contributed by atoms with E-state index in [-0.39, 0.29) is 22.7 Å². The van der Waals surface area contributed by atoms with Gasteiger partial charge in [0, 0.05) is 6.54 Å². The van der Waals surface area contributed by atoms with Gasteiger partial charge in [-0.1, -0.05) is 11.6 Å². The summed E-state index contributed by atoms with van der Waals surface area (Å²) in [5.74, 6) is 0.535. The number of halogens is 1. The summed E-state index contributed by atoms with van der Waals surface area (Å²) in [6, 6.07) is 0.169. The summed E-state index contributed by atoms with van der Waals surface area (Å²) in [4.78, 5) is 20.0. The molecule has 1 aromatic rings. The van der Waals surface area contributed by atoms with Gasteiger partial charge < -0.3 is 14.6 Å². The summed E-state index contributed by atoms with van der Waals surface area (Å²) in [7, 11) is 0. The highest BCUT2D eigenvalue weighted by atomic mass is 35.5. The Hall–Kier alpha value is -1.07. The van der Waals surface area contributed by atoms with Gasteiger partial charge in [0.15, 0.2) is 5.82 Å². The molecule has 0 aromatic carbocycles. The van der Waals surface area contributed by atoms with Crippen molar-refractivity contribution in [1.82, 2.24) is 9.97 Å². The second-order valence-corrected chi connectivity index (χ2v) is 4.39. The first-order valence-electron chi connectivity index (χ1n) is 5.21. The normalized spacial score (nSPS) is 25.8.